The number of nitrogens with one attached hydrogen (secondary N) is 1. The third-order valence-corrected chi connectivity index (χ3v) is 2.21. The van der Waals surface area contributed by atoms with Crippen LogP contribution in [0.1, 0.15) is 0 Å². The number of hydrogen-bond donors (Lipinski definition) is 2. The summed E-state index contributed by atoms with van der Waals surface area (Å²) < 4.78 is 38.4. The van der Waals surface area contributed by atoms with Crippen molar-refractivity contribution in [2.75, 3.05) is 23.9 Å². The van der Waals surface area contributed by atoms with E-state index in [1.54, 1.807) is 12.3 Å². The van der Waals surface area contributed by atoms with E-state index in [1.165, 1.54) is 17.9 Å². The van der Waals surface area contributed by atoms with E-state index in [4.69, 9.17) is 5.84 Å². The minimum atomic E-state index is -4.37. The smallest absolute Gasteiger partial charge is 0.335 e. The van der Waals surface area contributed by atoms with Crippen molar-refractivity contribution in [1.29, 1.82) is 0 Å². The summed E-state index contributed by atoms with van der Waals surface area (Å²) in [4.78, 5) is 12.4. The van der Waals surface area contributed by atoms with Gasteiger partial charge >= 0.3 is 6.18 Å². The molecule has 0 aromatic carbocycles. The lowest BCUT2D eigenvalue weighted by molar-refractivity contribution is -0.119. The molecule has 0 aliphatic heterocycles. The van der Waals surface area contributed by atoms with Gasteiger partial charge in [-0.2, -0.15) is 33.2 Å². The van der Waals surface area contributed by atoms with Gasteiger partial charge in [0, 0.05) is 19.4 Å². The van der Waals surface area contributed by atoms with E-state index in [2.05, 4.69) is 25.5 Å². The van der Waals surface area contributed by atoms with Gasteiger partial charge in [-0.25, -0.2) is 10.5 Å². The fraction of sp³-hybridized carbons (Fsp3) is 0.333. The zero-order chi connectivity index (χ0) is 14.8. The zero-order valence-electron chi connectivity index (χ0n) is 10.3. The highest BCUT2D eigenvalue weighted by Gasteiger charge is 2.30. The number of anilines is 2. The second-order valence-corrected chi connectivity index (χ2v) is 3.83. The van der Waals surface area contributed by atoms with Gasteiger partial charge in [-0.3, -0.25) is 5.43 Å². The molecule has 3 N–H and O–H groups in total. The van der Waals surface area contributed by atoms with Crippen LogP contribution in [0.15, 0.2) is 18.5 Å². The van der Waals surface area contributed by atoms with Crippen LogP contribution in [0.4, 0.5) is 25.1 Å². The Morgan fingerprint density at radius 3 is 2.65 bits per heavy atom. The number of hydrogen-bond acceptors (Lipinski definition) is 7. The van der Waals surface area contributed by atoms with Gasteiger partial charge in [0.05, 0.1) is 0 Å². The van der Waals surface area contributed by atoms with E-state index in [0.29, 0.717) is 0 Å². The molecule has 2 rings (SSSR count). The quantitative estimate of drug-likeness (QED) is 0.618. The molecule has 0 spiro atoms. The molecule has 8 nitrogen and oxygen atoms in total. The largest absolute Gasteiger partial charge is 0.406 e. The maximum Gasteiger partial charge on any atom is 0.406 e. The molecule has 0 aliphatic carbocycles. The molecule has 2 heterocycles. The number of nitrogen functional groups attached to an aromatic ring is 1. The molecule has 0 saturated carbocycles. The number of rotatable bonds is 4. The first kappa shape index (κ1) is 14.0. The lowest BCUT2D eigenvalue weighted by atomic mass is 10.5. The van der Waals surface area contributed by atoms with Crippen LogP contribution in [-0.2, 0) is 0 Å². The van der Waals surface area contributed by atoms with Crippen LogP contribution in [0.2, 0.25) is 0 Å². The number of nitrogens with two attached hydrogens (primary N) is 1. The van der Waals surface area contributed by atoms with E-state index >= 15 is 0 Å². The highest BCUT2D eigenvalue weighted by Crippen LogP contribution is 2.19. The molecule has 11 heteroatoms. The molecule has 108 valence electrons. The molecule has 2 aromatic rings. The van der Waals surface area contributed by atoms with Crippen molar-refractivity contribution < 1.29 is 13.2 Å². The van der Waals surface area contributed by atoms with Crippen molar-refractivity contribution in [3.8, 4) is 5.95 Å². The molecule has 0 unspecified atom stereocenters. The predicted octanol–water partition coefficient (Wildman–Crippen LogP) is 0.341. The van der Waals surface area contributed by atoms with Gasteiger partial charge in [0.2, 0.25) is 11.9 Å². The monoisotopic (exact) mass is 288 g/mol. The highest BCUT2D eigenvalue weighted by molar-refractivity contribution is 5.38. The third kappa shape index (κ3) is 3.32. The molecule has 0 fully saturated rings. The Balaban J connectivity index is 2.36. The van der Waals surface area contributed by atoms with Crippen molar-refractivity contribution in [3.63, 3.8) is 0 Å². The molecule has 0 atom stereocenters. The first-order chi connectivity index (χ1) is 9.39. The van der Waals surface area contributed by atoms with Gasteiger partial charge in [0.25, 0.3) is 5.95 Å². The number of alkyl halides is 3. The van der Waals surface area contributed by atoms with Crippen LogP contribution in [-0.4, -0.2) is 44.5 Å². The summed E-state index contributed by atoms with van der Waals surface area (Å²) in [5.41, 5.74) is 2.18. The second-order valence-electron chi connectivity index (χ2n) is 3.83. The number of nitrogens with zero attached hydrogens (tertiary/aromatic N) is 6. The van der Waals surface area contributed by atoms with E-state index < -0.39 is 12.7 Å². The van der Waals surface area contributed by atoms with Crippen molar-refractivity contribution in [2.24, 2.45) is 5.84 Å². The number of hydrazine groups is 1. The Morgan fingerprint density at radius 2 is 2.10 bits per heavy atom. The Bertz CT molecular complexity index is 567. The summed E-state index contributed by atoms with van der Waals surface area (Å²) in [6, 6.07) is 1.62. The van der Waals surface area contributed by atoms with Crippen molar-refractivity contribution in [2.45, 2.75) is 6.18 Å². The highest BCUT2D eigenvalue weighted by atomic mass is 19.4. The first-order valence-corrected chi connectivity index (χ1v) is 5.39. The summed E-state index contributed by atoms with van der Waals surface area (Å²) in [6.07, 6.45) is -1.34. The topological polar surface area (TPSA) is 97.8 Å². The molecular weight excluding hydrogens is 277 g/mol. The standard InChI is InChI=1S/C9H11F3N8/c1-19(5-9(10,11)12)7-15-6(18-13)16-8(17-7)20-4-2-3-14-20/h2-4H,5,13H2,1H3,(H,15,16,17,18). The molecule has 0 amide bonds. The molecule has 0 bridgehead atoms. The summed E-state index contributed by atoms with van der Waals surface area (Å²) in [6.45, 7) is -1.19. The zero-order valence-corrected chi connectivity index (χ0v) is 10.3. The molecule has 0 radical (unpaired) electrons. The van der Waals surface area contributed by atoms with Gasteiger partial charge in [0.1, 0.15) is 6.54 Å². The Labute approximate surface area is 111 Å². The van der Waals surface area contributed by atoms with Crippen LogP contribution >= 0.6 is 0 Å². The number of halogens is 3. The van der Waals surface area contributed by atoms with Gasteiger partial charge in [0.15, 0.2) is 0 Å². The van der Waals surface area contributed by atoms with Crippen LogP contribution in [0.3, 0.4) is 0 Å². The summed E-state index contributed by atoms with van der Waals surface area (Å²) in [5.74, 6) is 5.02. The maximum atomic E-state index is 12.4. The van der Waals surface area contributed by atoms with Crippen molar-refractivity contribution >= 4 is 11.9 Å². The van der Waals surface area contributed by atoms with E-state index in [1.807, 2.05) is 0 Å². The second kappa shape index (κ2) is 5.28. The maximum absolute atomic E-state index is 12.4. The molecule has 2 aromatic heterocycles. The van der Waals surface area contributed by atoms with Gasteiger partial charge in [-0.15, -0.1) is 0 Å². The van der Waals surface area contributed by atoms with E-state index in [-0.39, 0.29) is 17.8 Å². The first-order valence-electron chi connectivity index (χ1n) is 5.39. The predicted molar refractivity (Wildman–Crippen MR) is 64.1 cm³/mol. The Kier molecular flexibility index (Phi) is 3.70. The SMILES string of the molecule is CN(CC(F)(F)F)c1nc(NN)nc(-n2cccn2)n1. The molecule has 20 heavy (non-hydrogen) atoms. The van der Waals surface area contributed by atoms with E-state index in [9.17, 15) is 13.2 Å². The lowest BCUT2D eigenvalue weighted by Gasteiger charge is -2.19. The summed E-state index contributed by atoms with van der Waals surface area (Å²) >= 11 is 0. The minimum Gasteiger partial charge on any atom is -0.335 e. The van der Waals surface area contributed by atoms with Gasteiger partial charge < -0.3 is 4.90 Å². The Hall–Kier alpha value is -2.43. The number of aromatic nitrogens is 5. The van der Waals surface area contributed by atoms with E-state index in [0.717, 1.165) is 4.90 Å². The lowest BCUT2D eigenvalue weighted by Crippen LogP contribution is -2.32. The third-order valence-electron chi connectivity index (χ3n) is 2.21. The van der Waals surface area contributed by atoms with Gasteiger partial charge in [-0.1, -0.05) is 0 Å². The van der Waals surface area contributed by atoms with Crippen molar-refractivity contribution in [1.82, 2.24) is 24.7 Å². The van der Waals surface area contributed by atoms with Crippen LogP contribution in [0, 0.1) is 0 Å². The normalized spacial score (nSPS) is 11.4. The Morgan fingerprint density at radius 1 is 1.35 bits per heavy atom. The van der Waals surface area contributed by atoms with Crippen LogP contribution < -0.4 is 16.2 Å². The van der Waals surface area contributed by atoms with Gasteiger partial charge in [-0.05, 0) is 6.07 Å². The minimum absolute atomic E-state index is 0.0574. The van der Waals surface area contributed by atoms with Crippen LogP contribution in [0.5, 0.6) is 0 Å². The van der Waals surface area contributed by atoms with Crippen LogP contribution in [0.25, 0.3) is 5.95 Å². The fourth-order valence-electron chi connectivity index (χ4n) is 1.42. The molecule has 0 saturated heterocycles. The molecular formula is C9H11F3N8. The summed E-state index contributed by atoms with van der Waals surface area (Å²) in [5, 5.41) is 3.89. The van der Waals surface area contributed by atoms with Crippen molar-refractivity contribution in [3.05, 3.63) is 18.5 Å². The average Bonchev–Trinajstić information content (AvgIpc) is 2.90. The molecule has 0 aliphatic rings. The summed E-state index contributed by atoms with van der Waals surface area (Å²) in [7, 11) is 1.22. The average molecular weight is 288 g/mol. The fourth-order valence-corrected chi connectivity index (χ4v) is 1.42.